The number of nitrogens with one attached hydrogen (secondary N) is 1. The fourth-order valence-electron chi connectivity index (χ4n) is 1.68. The van der Waals surface area contributed by atoms with Crippen LogP contribution in [0.1, 0.15) is 5.56 Å². The molecule has 0 aromatic heterocycles. The molecule has 1 aliphatic rings. The highest BCUT2D eigenvalue weighted by Crippen LogP contribution is 2.32. The third-order valence-corrected chi connectivity index (χ3v) is 3.81. The summed E-state index contributed by atoms with van der Waals surface area (Å²) < 4.78 is 0. The van der Waals surface area contributed by atoms with E-state index in [1.54, 1.807) is 7.05 Å². The fraction of sp³-hybridized carbons (Fsp3) is 0.333. The number of nitrogens with zero attached hydrogens (tertiary/aromatic N) is 1. The second-order valence-corrected chi connectivity index (χ2v) is 5.14. The van der Waals surface area contributed by atoms with E-state index in [-0.39, 0.29) is 5.91 Å². The zero-order chi connectivity index (χ0) is 13.1. The van der Waals surface area contributed by atoms with Crippen LogP contribution in [0.3, 0.4) is 0 Å². The average molecular weight is 266 g/mol. The third-order valence-electron chi connectivity index (χ3n) is 2.74. The van der Waals surface area contributed by atoms with Gasteiger partial charge in [0.25, 0.3) is 0 Å². The molecule has 0 radical (unpaired) electrons. The number of anilines is 1. The fourth-order valence-corrected chi connectivity index (χ4v) is 2.47. The third kappa shape index (κ3) is 2.95. The van der Waals surface area contributed by atoms with Crippen LogP contribution in [-0.2, 0) is 11.2 Å². The zero-order valence-electron chi connectivity index (χ0n) is 9.97. The van der Waals surface area contributed by atoms with Gasteiger partial charge in [-0.25, -0.2) is 4.79 Å². The SMILES string of the molecule is CN(CCc1ccc2c(c1)NC(=O)CS2)C(=O)O. The molecular weight excluding hydrogens is 252 g/mol. The summed E-state index contributed by atoms with van der Waals surface area (Å²) in [4.78, 5) is 24.2. The summed E-state index contributed by atoms with van der Waals surface area (Å²) in [5.41, 5.74) is 1.84. The minimum absolute atomic E-state index is 0.00676. The maximum Gasteiger partial charge on any atom is 0.407 e. The van der Waals surface area contributed by atoms with Crippen molar-refractivity contribution in [1.29, 1.82) is 0 Å². The van der Waals surface area contributed by atoms with Gasteiger partial charge in [-0.05, 0) is 24.1 Å². The molecule has 0 saturated carbocycles. The minimum Gasteiger partial charge on any atom is -0.465 e. The molecule has 96 valence electrons. The molecule has 0 saturated heterocycles. The maximum atomic E-state index is 11.3. The first-order valence-electron chi connectivity index (χ1n) is 5.56. The van der Waals surface area contributed by atoms with Gasteiger partial charge in [0.05, 0.1) is 11.4 Å². The second-order valence-electron chi connectivity index (χ2n) is 4.12. The summed E-state index contributed by atoms with van der Waals surface area (Å²) >= 11 is 1.52. The number of carbonyl (C=O) groups excluding carboxylic acids is 1. The van der Waals surface area contributed by atoms with E-state index in [0.717, 1.165) is 16.1 Å². The number of carbonyl (C=O) groups is 2. The molecule has 1 aromatic rings. The van der Waals surface area contributed by atoms with Crippen molar-refractivity contribution in [2.75, 3.05) is 24.7 Å². The van der Waals surface area contributed by atoms with Gasteiger partial charge in [-0.15, -0.1) is 11.8 Å². The van der Waals surface area contributed by atoms with Gasteiger partial charge in [-0.2, -0.15) is 0 Å². The van der Waals surface area contributed by atoms with Crippen LogP contribution < -0.4 is 5.32 Å². The molecule has 0 atom stereocenters. The first-order valence-corrected chi connectivity index (χ1v) is 6.54. The van der Waals surface area contributed by atoms with E-state index in [2.05, 4.69) is 5.32 Å². The molecule has 6 heteroatoms. The number of likely N-dealkylation sites (N-methyl/N-ethyl adjacent to an activating group) is 1. The summed E-state index contributed by atoms with van der Waals surface area (Å²) in [5, 5.41) is 11.6. The minimum atomic E-state index is -0.934. The van der Waals surface area contributed by atoms with Gasteiger partial charge in [0.2, 0.25) is 5.91 Å². The molecule has 0 fully saturated rings. The zero-order valence-corrected chi connectivity index (χ0v) is 10.8. The summed E-state index contributed by atoms with van der Waals surface area (Å²) in [6, 6.07) is 5.85. The topological polar surface area (TPSA) is 69.6 Å². The quantitative estimate of drug-likeness (QED) is 0.876. The smallest absolute Gasteiger partial charge is 0.407 e. The van der Waals surface area contributed by atoms with Gasteiger partial charge >= 0.3 is 6.09 Å². The van der Waals surface area contributed by atoms with Crippen molar-refractivity contribution >= 4 is 29.4 Å². The molecule has 0 aliphatic carbocycles. The molecular formula is C12H14N2O3S. The number of carboxylic acid groups (broad SMARTS) is 1. The summed E-state index contributed by atoms with van der Waals surface area (Å²) in [6.45, 7) is 0.440. The largest absolute Gasteiger partial charge is 0.465 e. The van der Waals surface area contributed by atoms with Crippen LogP contribution in [0.15, 0.2) is 23.1 Å². The van der Waals surface area contributed by atoms with Gasteiger partial charge in [0.15, 0.2) is 0 Å². The van der Waals surface area contributed by atoms with Crippen molar-refractivity contribution in [2.45, 2.75) is 11.3 Å². The van der Waals surface area contributed by atoms with Gasteiger partial charge in [0.1, 0.15) is 0 Å². The van der Waals surface area contributed by atoms with E-state index in [0.29, 0.717) is 18.7 Å². The highest BCUT2D eigenvalue weighted by Gasteiger charge is 2.15. The van der Waals surface area contributed by atoms with Crippen LogP contribution in [0, 0.1) is 0 Å². The number of hydrogen-bond donors (Lipinski definition) is 2. The van der Waals surface area contributed by atoms with Gasteiger partial charge in [-0.3, -0.25) is 4.79 Å². The Hall–Kier alpha value is -1.69. The van der Waals surface area contributed by atoms with E-state index in [1.807, 2.05) is 18.2 Å². The maximum absolute atomic E-state index is 11.3. The van der Waals surface area contributed by atoms with Crippen LogP contribution >= 0.6 is 11.8 Å². The Morgan fingerprint density at radius 3 is 3.06 bits per heavy atom. The summed E-state index contributed by atoms with van der Waals surface area (Å²) in [6.07, 6.45) is -0.298. The molecule has 0 spiro atoms. The van der Waals surface area contributed by atoms with Crippen LogP contribution in [-0.4, -0.2) is 41.4 Å². The normalized spacial score (nSPS) is 13.7. The van der Waals surface area contributed by atoms with E-state index >= 15 is 0 Å². The highest BCUT2D eigenvalue weighted by atomic mass is 32.2. The number of benzene rings is 1. The van der Waals surface area contributed by atoms with Crippen LogP contribution in [0.4, 0.5) is 10.5 Å². The average Bonchev–Trinajstić information content (AvgIpc) is 2.35. The van der Waals surface area contributed by atoms with Crippen molar-refractivity contribution in [3.63, 3.8) is 0 Å². The predicted octanol–water partition coefficient (Wildman–Crippen LogP) is 1.88. The Morgan fingerprint density at radius 2 is 2.33 bits per heavy atom. The molecule has 1 aromatic carbocycles. The Balaban J connectivity index is 2.04. The lowest BCUT2D eigenvalue weighted by Gasteiger charge is -2.18. The lowest BCUT2D eigenvalue weighted by molar-refractivity contribution is -0.113. The first kappa shape index (κ1) is 12.8. The van der Waals surface area contributed by atoms with Crippen molar-refractivity contribution in [3.05, 3.63) is 23.8 Å². The number of hydrogen-bond acceptors (Lipinski definition) is 3. The molecule has 2 amide bonds. The summed E-state index contributed by atoms with van der Waals surface area (Å²) in [7, 11) is 1.54. The number of rotatable bonds is 3. The van der Waals surface area contributed by atoms with Gasteiger partial charge in [0, 0.05) is 18.5 Å². The highest BCUT2D eigenvalue weighted by molar-refractivity contribution is 8.00. The monoisotopic (exact) mass is 266 g/mol. The lowest BCUT2D eigenvalue weighted by Crippen LogP contribution is -2.27. The van der Waals surface area contributed by atoms with Gasteiger partial charge < -0.3 is 15.3 Å². The molecule has 0 unspecified atom stereocenters. The number of fused-ring (bicyclic) bond motifs is 1. The number of amides is 2. The molecule has 2 rings (SSSR count). The van der Waals surface area contributed by atoms with Crippen molar-refractivity contribution in [1.82, 2.24) is 4.90 Å². The van der Waals surface area contributed by atoms with E-state index in [1.165, 1.54) is 16.7 Å². The van der Waals surface area contributed by atoms with Crippen LogP contribution in [0.2, 0.25) is 0 Å². The number of thioether (sulfide) groups is 1. The van der Waals surface area contributed by atoms with Gasteiger partial charge in [-0.1, -0.05) is 6.07 Å². The first-order chi connectivity index (χ1) is 8.56. The molecule has 1 aliphatic heterocycles. The van der Waals surface area contributed by atoms with E-state index < -0.39 is 6.09 Å². The molecule has 2 N–H and O–H groups in total. The lowest BCUT2D eigenvalue weighted by atomic mass is 10.1. The molecule has 5 nitrogen and oxygen atoms in total. The predicted molar refractivity (Wildman–Crippen MR) is 70.2 cm³/mol. The molecule has 0 bridgehead atoms. The molecule has 18 heavy (non-hydrogen) atoms. The van der Waals surface area contributed by atoms with Crippen LogP contribution in [0.25, 0.3) is 0 Å². The van der Waals surface area contributed by atoms with E-state index in [4.69, 9.17) is 5.11 Å². The Labute approximate surface area is 109 Å². The standard InChI is InChI=1S/C12H14N2O3S/c1-14(12(16)17)5-4-8-2-3-10-9(6-8)13-11(15)7-18-10/h2-3,6H,4-5,7H2,1H3,(H,13,15)(H,16,17). The second kappa shape index (κ2) is 5.30. The van der Waals surface area contributed by atoms with Crippen molar-refractivity contribution in [3.8, 4) is 0 Å². The van der Waals surface area contributed by atoms with E-state index in [9.17, 15) is 9.59 Å². The van der Waals surface area contributed by atoms with Crippen molar-refractivity contribution < 1.29 is 14.7 Å². The Kier molecular flexibility index (Phi) is 3.76. The van der Waals surface area contributed by atoms with Crippen LogP contribution in [0.5, 0.6) is 0 Å². The van der Waals surface area contributed by atoms with Crippen molar-refractivity contribution in [2.24, 2.45) is 0 Å². The molecule has 1 heterocycles. The summed E-state index contributed by atoms with van der Waals surface area (Å²) in [5.74, 6) is 0.459. The Morgan fingerprint density at radius 1 is 1.56 bits per heavy atom. The Bertz CT molecular complexity index is 490.